The molecule has 2 heterocycles. The van der Waals surface area contributed by atoms with Gasteiger partial charge in [0.15, 0.2) is 11.5 Å². The van der Waals surface area contributed by atoms with Crippen LogP contribution in [0.3, 0.4) is 0 Å². The van der Waals surface area contributed by atoms with Crippen LogP contribution in [0.25, 0.3) is 0 Å². The summed E-state index contributed by atoms with van der Waals surface area (Å²) >= 11 is 1.49. The summed E-state index contributed by atoms with van der Waals surface area (Å²) in [6, 6.07) is 0. The molecule has 4 nitrogen and oxygen atoms in total. The molecule has 2 rings (SSSR count). The SMILES string of the molecule is CC1CCN(c2sc(C(=O)C(C)C)c(N)c2OC(C)C)C1. The van der Waals surface area contributed by atoms with Crippen molar-refractivity contribution in [2.45, 2.75) is 47.1 Å². The number of hydrogen-bond donors (Lipinski definition) is 1. The van der Waals surface area contributed by atoms with Crippen LogP contribution in [0.2, 0.25) is 0 Å². The van der Waals surface area contributed by atoms with E-state index >= 15 is 0 Å². The lowest BCUT2D eigenvalue weighted by atomic mass is 10.1. The Balaban J connectivity index is 2.42. The van der Waals surface area contributed by atoms with Gasteiger partial charge < -0.3 is 15.4 Å². The Bertz CT molecular complexity index is 523. The van der Waals surface area contributed by atoms with E-state index in [1.807, 2.05) is 27.7 Å². The molecule has 118 valence electrons. The Morgan fingerprint density at radius 3 is 2.52 bits per heavy atom. The van der Waals surface area contributed by atoms with E-state index in [1.165, 1.54) is 17.8 Å². The molecular weight excluding hydrogens is 284 g/mol. The van der Waals surface area contributed by atoms with E-state index in [2.05, 4.69) is 11.8 Å². The molecule has 0 aromatic carbocycles. The molecule has 1 aromatic heterocycles. The molecule has 0 amide bonds. The zero-order valence-corrected chi connectivity index (χ0v) is 14.4. The standard InChI is InChI=1S/C16H26N2O2S/c1-9(2)13(19)15-12(17)14(20-10(3)4)16(21-15)18-7-6-11(5)8-18/h9-11H,6-8,17H2,1-5H3. The number of ether oxygens (including phenoxy) is 1. The number of nitrogen functional groups attached to an aromatic ring is 1. The van der Waals surface area contributed by atoms with Crippen LogP contribution in [0, 0.1) is 11.8 Å². The first-order valence-electron chi connectivity index (χ1n) is 7.69. The molecule has 2 N–H and O–H groups in total. The van der Waals surface area contributed by atoms with Gasteiger partial charge in [0.1, 0.15) is 5.00 Å². The summed E-state index contributed by atoms with van der Waals surface area (Å²) in [6.45, 7) is 12.0. The quantitative estimate of drug-likeness (QED) is 0.840. The summed E-state index contributed by atoms with van der Waals surface area (Å²) in [5, 5.41) is 1.02. The van der Waals surface area contributed by atoms with Crippen LogP contribution in [0.5, 0.6) is 5.75 Å². The second kappa shape index (κ2) is 6.26. The highest BCUT2D eigenvalue weighted by atomic mass is 32.1. The van der Waals surface area contributed by atoms with Crippen molar-refractivity contribution in [2.75, 3.05) is 23.7 Å². The largest absolute Gasteiger partial charge is 0.486 e. The minimum absolute atomic E-state index is 0.0441. The molecule has 0 saturated carbocycles. The van der Waals surface area contributed by atoms with E-state index in [4.69, 9.17) is 10.5 Å². The highest BCUT2D eigenvalue weighted by Crippen LogP contribution is 2.47. The molecule has 0 aliphatic carbocycles. The molecule has 5 heteroatoms. The Morgan fingerprint density at radius 1 is 1.38 bits per heavy atom. The van der Waals surface area contributed by atoms with Gasteiger partial charge in [-0.3, -0.25) is 4.79 Å². The number of rotatable bonds is 5. The fourth-order valence-electron chi connectivity index (χ4n) is 2.54. The number of hydrogen-bond acceptors (Lipinski definition) is 5. The van der Waals surface area contributed by atoms with E-state index in [-0.39, 0.29) is 17.8 Å². The third-order valence-corrected chi connectivity index (χ3v) is 4.96. The van der Waals surface area contributed by atoms with Gasteiger partial charge in [-0.1, -0.05) is 20.8 Å². The zero-order chi connectivity index (χ0) is 15.7. The summed E-state index contributed by atoms with van der Waals surface area (Å²) in [7, 11) is 0. The lowest BCUT2D eigenvalue weighted by Crippen LogP contribution is -2.19. The number of carbonyl (C=O) groups is 1. The van der Waals surface area contributed by atoms with Crippen LogP contribution in [0.15, 0.2) is 0 Å². The number of Topliss-reactive ketones (excluding diaryl/α,β-unsaturated/α-hetero) is 1. The van der Waals surface area contributed by atoms with E-state index in [0.717, 1.165) is 18.1 Å². The predicted octanol–water partition coefficient (Wildman–Crippen LogP) is 3.80. The van der Waals surface area contributed by atoms with Crippen molar-refractivity contribution in [2.24, 2.45) is 11.8 Å². The van der Waals surface area contributed by atoms with Crippen molar-refractivity contribution in [3.05, 3.63) is 4.88 Å². The predicted molar refractivity (Wildman–Crippen MR) is 89.7 cm³/mol. The number of nitrogens with two attached hydrogens (primary N) is 1. The summed E-state index contributed by atoms with van der Waals surface area (Å²) in [4.78, 5) is 15.3. The number of nitrogens with zero attached hydrogens (tertiary/aromatic N) is 1. The average molecular weight is 310 g/mol. The maximum absolute atomic E-state index is 12.4. The number of ketones is 1. The molecule has 1 aliphatic heterocycles. The van der Waals surface area contributed by atoms with Crippen LogP contribution in [-0.2, 0) is 0 Å². The van der Waals surface area contributed by atoms with Gasteiger partial charge in [-0.05, 0) is 26.2 Å². The Kier molecular flexibility index (Phi) is 4.81. The third kappa shape index (κ3) is 3.34. The first-order valence-corrected chi connectivity index (χ1v) is 8.51. The van der Waals surface area contributed by atoms with E-state index in [0.29, 0.717) is 22.2 Å². The minimum atomic E-state index is -0.0526. The lowest BCUT2D eigenvalue weighted by Gasteiger charge is -2.19. The molecule has 1 aliphatic rings. The average Bonchev–Trinajstić information content (AvgIpc) is 2.94. The first kappa shape index (κ1) is 16.1. The molecule has 1 unspecified atom stereocenters. The third-order valence-electron chi connectivity index (χ3n) is 3.70. The topological polar surface area (TPSA) is 55.6 Å². The normalized spacial score (nSPS) is 18.8. The maximum atomic E-state index is 12.4. The van der Waals surface area contributed by atoms with Gasteiger partial charge in [-0.25, -0.2) is 0 Å². The van der Waals surface area contributed by atoms with Crippen molar-refractivity contribution in [3.8, 4) is 5.75 Å². The van der Waals surface area contributed by atoms with Gasteiger partial charge in [-0.15, -0.1) is 11.3 Å². The van der Waals surface area contributed by atoms with Crippen molar-refractivity contribution in [1.82, 2.24) is 0 Å². The van der Waals surface area contributed by atoms with E-state index in [9.17, 15) is 4.79 Å². The summed E-state index contributed by atoms with van der Waals surface area (Å²) in [5.74, 6) is 1.42. The van der Waals surface area contributed by atoms with Gasteiger partial charge in [0.25, 0.3) is 0 Å². The van der Waals surface area contributed by atoms with Crippen LogP contribution in [0.4, 0.5) is 10.7 Å². The second-order valence-electron chi connectivity index (χ2n) is 6.50. The fraction of sp³-hybridized carbons (Fsp3) is 0.688. The number of anilines is 2. The highest BCUT2D eigenvalue weighted by Gasteiger charge is 2.30. The Hall–Kier alpha value is -1.23. The highest BCUT2D eigenvalue weighted by molar-refractivity contribution is 7.19. The molecule has 21 heavy (non-hydrogen) atoms. The van der Waals surface area contributed by atoms with Gasteiger partial charge in [0, 0.05) is 19.0 Å². The summed E-state index contributed by atoms with van der Waals surface area (Å²) in [5.41, 5.74) is 6.75. The van der Waals surface area contributed by atoms with Crippen molar-refractivity contribution < 1.29 is 9.53 Å². The Morgan fingerprint density at radius 2 is 2.05 bits per heavy atom. The molecule has 0 spiro atoms. The van der Waals surface area contributed by atoms with Crippen molar-refractivity contribution >= 4 is 27.8 Å². The molecule has 0 radical (unpaired) electrons. The van der Waals surface area contributed by atoms with Crippen molar-refractivity contribution in [3.63, 3.8) is 0 Å². The molecule has 1 atom stereocenters. The van der Waals surface area contributed by atoms with Gasteiger partial charge in [0.2, 0.25) is 0 Å². The summed E-state index contributed by atoms with van der Waals surface area (Å²) in [6.07, 6.45) is 1.22. The van der Waals surface area contributed by atoms with E-state index < -0.39 is 0 Å². The van der Waals surface area contributed by atoms with E-state index in [1.54, 1.807) is 0 Å². The van der Waals surface area contributed by atoms with Crippen LogP contribution >= 0.6 is 11.3 Å². The van der Waals surface area contributed by atoms with Gasteiger partial charge >= 0.3 is 0 Å². The fourth-order valence-corrected chi connectivity index (χ4v) is 3.82. The lowest BCUT2D eigenvalue weighted by molar-refractivity contribution is 0.0944. The molecule has 1 aromatic rings. The number of carbonyl (C=O) groups excluding carboxylic acids is 1. The smallest absolute Gasteiger partial charge is 0.177 e. The van der Waals surface area contributed by atoms with Crippen LogP contribution in [0.1, 0.15) is 50.7 Å². The maximum Gasteiger partial charge on any atom is 0.177 e. The van der Waals surface area contributed by atoms with Crippen LogP contribution in [-0.4, -0.2) is 25.0 Å². The second-order valence-corrected chi connectivity index (χ2v) is 7.50. The first-order chi connectivity index (χ1) is 9.81. The minimum Gasteiger partial charge on any atom is -0.486 e. The Labute approximate surface area is 131 Å². The monoisotopic (exact) mass is 310 g/mol. The molecular formula is C16H26N2O2S. The molecule has 1 fully saturated rings. The van der Waals surface area contributed by atoms with Gasteiger partial charge in [0.05, 0.1) is 16.7 Å². The summed E-state index contributed by atoms with van der Waals surface area (Å²) < 4.78 is 5.93. The zero-order valence-electron chi connectivity index (χ0n) is 13.6. The van der Waals surface area contributed by atoms with Crippen molar-refractivity contribution in [1.29, 1.82) is 0 Å². The number of thiophene rings is 1. The molecule has 0 bridgehead atoms. The van der Waals surface area contributed by atoms with Gasteiger partial charge in [-0.2, -0.15) is 0 Å². The van der Waals surface area contributed by atoms with Crippen LogP contribution < -0.4 is 15.4 Å². The molecule has 1 saturated heterocycles.